The number of nitrogens with zero attached hydrogens (tertiary/aromatic N) is 3. The Balaban J connectivity index is 1.45. The molecule has 0 radical (unpaired) electrons. The SMILES string of the molecule is Cc1cccc2nc(C(=O)NC(C)c3ccc(N4CCOCC4)cc3)cn12. The molecule has 6 nitrogen and oxygen atoms in total. The molecule has 2 aromatic heterocycles. The van der Waals surface area contributed by atoms with Gasteiger partial charge in [0.25, 0.3) is 5.91 Å². The fraction of sp³-hybridized carbons (Fsp3) is 0.333. The molecule has 1 unspecified atom stereocenters. The molecule has 3 heterocycles. The number of fused-ring (bicyclic) bond motifs is 1. The van der Waals surface area contributed by atoms with Gasteiger partial charge in [-0.2, -0.15) is 0 Å². The molecule has 1 aliphatic rings. The molecule has 4 rings (SSSR count). The molecule has 1 amide bonds. The van der Waals surface area contributed by atoms with E-state index < -0.39 is 0 Å². The Labute approximate surface area is 158 Å². The number of aryl methyl sites for hydroxylation is 1. The van der Waals surface area contributed by atoms with E-state index in [1.54, 1.807) is 6.20 Å². The van der Waals surface area contributed by atoms with Crippen LogP contribution < -0.4 is 10.2 Å². The highest BCUT2D eigenvalue weighted by Gasteiger charge is 2.16. The summed E-state index contributed by atoms with van der Waals surface area (Å²) in [5.41, 5.74) is 4.52. The number of rotatable bonds is 4. The minimum atomic E-state index is -0.164. The summed E-state index contributed by atoms with van der Waals surface area (Å²) >= 11 is 0. The Morgan fingerprint density at radius 1 is 1.15 bits per heavy atom. The Morgan fingerprint density at radius 3 is 2.59 bits per heavy atom. The molecule has 1 atom stereocenters. The second kappa shape index (κ2) is 7.40. The number of benzene rings is 1. The number of anilines is 1. The molecule has 0 aliphatic carbocycles. The van der Waals surface area contributed by atoms with Crippen LogP contribution in [0.15, 0.2) is 48.7 Å². The number of nitrogens with one attached hydrogen (secondary N) is 1. The third-order valence-corrected chi connectivity index (χ3v) is 5.05. The molecule has 1 aromatic carbocycles. The van der Waals surface area contributed by atoms with Gasteiger partial charge in [-0.1, -0.05) is 18.2 Å². The van der Waals surface area contributed by atoms with Gasteiger partial charge in [0.1, 0.15) is 11.3 Å². The average molecular weight is 364 g/mol. The summed E-state index contributed by atoms with van der Waals surface area (Å²) in [6.07, 6.45) is 1.79. The summed E-state index contributed by atoms with van der Waals surface area (Å²) in [6.45, 7) is 7.36. The Bertz CT molecular complexity index is 942. The number of hydrogen-bond donors (Lipinski definition) is 1. The molecular formula is C21H24N4O2. The van der Waals surface area contributed by atoms with Crippen LogP contribution >= 0.6 is 0 Å². The first kappa shape index (κ1) is 17.5. The topological polar surface area (TPSA) is 58.9 Å². The Morgan fingerprint density at radius 2 is 1.89 bits per heavy atom. The average Bonchev–Trinajstić information content (AvgIpc) is 3.15. The van der Waals surface area contributed by atoms with Crippen molar-refractivity contribution in [2.75, 3.05) is 31.2 Å². The molecule has 1 aliphatic heterocycles. The zero-order valence-corrected chi connectivity index (χ0v) is 15.7. The number of pyridine rings is 1. The maximum Gasteiger partial charge on any atom is 0.271 e. The standard InChI is InChI=1S/C21H24N4O2/c1-15-4-3-5-20-23-19(14-25(15)20)21(26)22-16(2)17-6-8-18(9-7-17)24-10-12-27-13-11-24/h3-9,14,16H,10-13H2,1-2H3,(H,22,26). The molecule has 1 saturated heterocycles. The van der Waals surface area contributed by atoms with Crippen LogP contribution in [-0.2, 0) is 4.74 Å². The lowest BCUT2D eigenvalue weighted by molar-refractivity contribution is 0.0935. The third-order valence-electron chi connectivity index (χ3n) is 5.05. The van der Waals surface area contributed by atoms with E-state index in [9.17, 15) is 4.79 Å². The number of morpholine rings is 1. The van der Waals surface area contributed by atoms with E-state index in [1.165, 1.54) is 5.69 Å². The van der Waals surface area contributed by atoms with Gasteiger partial charge in [-0.25, -0.2) is 4.98 Å². The lowest BCUT2D eigenvalue weighted by Gasteiger charge is -2.29. The van der Waals surface area contributed by atoms with Gasteiger partial charge in [-0.05, 0) is 43.7 Å². The molecule has 0 spiro atoms. The molecular weight excluding hydrogens is 340 g/mol. The summed E-state index contributed by atoms with van der Waals surface area (Å²) in [5.74, 6) is -0.164. The summed E-state index contributed by atoms with van der Waals surface area (Å²) in [5, 5.41) is 3.04. The largest absolute Gasteiger partial charge is 0.378 e. The van der Waals surface area contributed by atoms with E-state index in [4.69, 9.17) is 4.74 Å². The van der Waals surface area contributed by atoms with Crippen LogP contribution in [0.1, 0.15) is 34.7 Å². The maximum absolute atomic E-state index is 12.6. The van der Waals surface area contributed by atoms with Crippen molar-refractivity contribution in [1.82, 2.24) is 14.7 Å². The summed E-state index contributed by atoms with van der Waals surface area (Å²) in [4.78, 5) is 19.4. The third kappa shape index (κ3) is 3.66. The second-order valence-corrected chi connectivity index (χ2v) is 6.91. The van der Waals surface area contributed by atoms with Crippen molar-refractivity contribution in [1.29, 1.82) is 0 Å². The maximum atomic E-state index is 12.6. The highest BCUT2D eigenvalue weighted by molar-refractivity contribution is 5.93. The molecule has 0 saturated carbocycles. The smallest absolute Gasteiger partial charge is 0.271 e. The number of carbonyl (C=O) groups excluding carboxylic acids is 1. The van der Waals surface area contributed by atoms with Gasteiger partial charge in [0.2, 0.25) is 0 Å². The number of ether oxygens (including phenoxy) is 1. The van der Waals surface area contributed by atoms with Crippen LogP contribution in [0.4, 0.5) is 5.69 Å². The minimum absolute atomic E-state index is 0.0952. The van der Waals surface area contributed by atoms with E-state index in [1.807, 2.05) is 36.4 Å². The van der Waals surface area contributed by atoms with Gasteiger partial charge in [0.15, 0.2) is 0 Å². The zero-order chi connectivity index (χ0) is 18.8. The Hall–Kier alpha value is -2.86. The number of hydrogen-bond acceptors (Lipinski definition) is 4. The van der Waals surface area contributed by atoms with Crippen molar-refractivity contribution < 1.29 is 9.53 Å². The van der Waals surface area contributed by atoms with Gasteiger partial charge >= 0.3 is 0 Å². The summed E-state index contributed by atoms with van der Waals surface area (Å²) in [7, 11) is 0. The normalized spacial score (nSPS) is 15.7. The van der Waals surface area contributed by atoms with E-state index in [0.29, 0.717) is 5.69 Å². The molecule has 140 valence electrons. The fourth-order valence-corrected chi connectivity index (χ4v) is 3.41. The van der Waals surface area contributed by atoms with Crippen LogP contribution in [0.5, 0.6) is 0 Å². The summed E-state index contributed by atoms with van der Waals surface area (Å²) in [6, 6.07) is 14.1. The van der Waals surface area contributed by atoms with Crippen LogP contribution in [0.3, 0.4) is 0 Å². The first-order valence-corrected chi connectivity index (χ1v) is 9.30. The number of imidazole rings is 1. The van der Waals surface area contributed by atoms with Gasteiger partial charge < -0.3 is 19.4 Å². The van der Waals surface area contributed by atoms with Gasteiger partial charge in [-0.15, -0.1) is 0 Å². The summed E-state index contributed by atoms with van der Waals surface area (Å²) < 4.78 is 7.33. The van der Waals surface area contributed by atoms with Crippen molar-refractivity contribution in [3.63, 3.8) is 0 Å². The van der Waals surface area contributed by atoms with Gasteiger partial charge in [0.05, 0.1) is 19.3 Å². The number of aromatic nitrogens is 2. The van der Waals surface area contributed by atoms with Crippen LogP contribution in [0.2, 0.25) is 0 Å². The van der Waals surface area contributed by atoms with Crippen LogP contribution in [0, 0.1) is 6.92 Å². The molecule has 1 N–H and O–H groups in total. The van der Waals surface area contributed by atoms with Crippen molar-refractivity contribution in [3.8, 4) is 0 Å². The predicted molar refractivity (Wildman–Crippen MR) is 105 cm³/mol. The first-order valence-electron chi connectivity index (χ1n) is 9.30. The van der Waals surface area contributed by atoms with E-state index >= 15 is 0 Å². The lowest BCUT2D eigenvalue weighted by atomic mass is 10.1. The first-order chi connectivity index (χ1) is 13.1. The zero-order valence-electron chi connectivity index (χ0n) is 15.7. The second-order valence-electron chi connectivity index (χ2n) is 6.91. The van der Waals surface area contributed by atoms with Crippen molar-refractivity contribution >= 4 is 17.2 Å². The number of amides is 1. The van der Waals surface area contributed by atoms with E-state index in [2.05, 4.69) is 39.5 Å². The van der Waals surface area contributed by atoms with Crippen LogP contribution in [0.25, 0.3) is 5.65 Å². The van der Waals surface area contributed by atoms with Gasteiger partial charge in [-0.3, -0.25) is 4.79 Å². The highest BCUT2D eigenvalue weighted by atomic mass is 16.5. The molecule has 6 heteroatoms. The molecule has 27 heavy (non-hydrogen) atoms. The monoisotopic (exact) mass is 364 g/mol. The predicted octanol–water partition coefficient (Wildman–Crippen LogP) is 2.97. The quantitative estimate of drug-likeness (QED) is 0.773. The molecule has 1 fully saturated rings. The van der Waals surface area contributed by atoms with Crippen LogP contribution in [-0.4, -0.2) is 41.6 Å². The van der Waals surface area contributed by atoms with E-state index in [0.717, 1.165) is 43.2 Å². The minimum Gasteiger partial charge on any atom is -0.378 e. The lowest BCUT2D eigenvalue weighted by Crippen LogP contribution is -2.36. The van der Waals surface area contributed by atoms with Crippen molar-refractivity contribution in [2.45, 2.75) is 19.9 Å². The number of carbonyl (C=O) groups is 1. The van der Waals surface area contributed by atoms with Gasteiger partial charge in [0, 0.05) is 30.7 Å². The van der Waals surface area contributed by atoms with Crippen molar-refractivity contribution in [2.24, 2.45) is 0 Å². The molecule has 3 aromatic rings. The fourth-order valence-electron chi connectivity index (χ4n) is 3.41. The van der Waals surface area contributed by atoms with Crippen molar-refractivity contribution in [3.05, 3.63) is 65.6 Å². The Kier molecular flexibility index (Phi) is 4.81. The van der Waals surface area contributed by atoms with E-state index in [-0.39, 0.29) is 11.9 Å². The highest BCUT2D eigenvalue weighted by Crippen LogP contribution is 2.20. The molecule has 0 bridgehead atoms.